The van der Waals surface area contributed by atoms with Crippen molar-refractivity contribution in [3.8, 4) is 5.75 Å². The van der Waals surface area contributed by atoms with Gasteiger partial charge in [0.25, 0.3) is 5.91 Å². The molecule has 1 amide bonds. The first-order valence-corrected chi connectivity index (χ1v) is 9.32. The fourth-order valence-electron chi connectivity index (χ4n) is 2.08. The van der Waals surface area contributed by atoms with Gasteiger partial charge in [0.1, 0.15) is 5.75 Å². The standard InChI is InChI=1S/C16H16Cl2N2O4S/c1-9-6-14(15(24-3)8-13(9)18)20-16(21)11-7-10(4-5-12(11)17)25(22,23)19-2/h4-8,19H,1-3H3,(H,20,21). The lowest BCUT2D eigenvalue weighted by Gasteiger charge is -2.13. The molecule has 0 saturated carbocycles. The molecule has 2 aromatic carbocycles. The zero-order valence-electron chi connectivity index (χ0n) is 13.7. The van der Waals surface area contributed by atoms with Gasteiger partial charge in [0, 0.05) is 11.1 Å². The highest BCUT2D eigenvalue weighted by Crippen LogP contribution is 2.32. The number of halogens is 2. The minimum atomic E-state index is -3.70. The maximum absolute atomic E-state index is 12.6. The Balaban J connectivity index is 2.43. The van der Waals surface area contributed by atoms with Gasteiger partial charge < -0.3 is 10.1 Å². The molecule has 134 valence electrons. The number of sulfonamides is 1. The van der Waals surface area contributed by atoms with Crippen LogP contribution in [-0.4, -0.2) is 28.5 Å². The molecule has 0 spiro atoms. The molecule has 25 heavy (non-hydrogen) atoms. The van der Waals surface area contributed by atoms with E-state index >= 15 is 0 Å². The van der Waals surface area contributed by atoms with Gasteiger partial charge >= 0.3 is 0 Å². The molecule has 2 N–H and O–H groups in total. The lowest BCUT2D eigenvalue weighted by Crippen LogP contribution is -2.20. The SMILES string of the molecule is CNS(=O)(=O)c1ccc(Cl)c(C(=O)Nc2cc(C)c(Cl)cc2OC)c1. The number of rotatable bonds is 5. The van der Waals surface area contributed by atoms with E-state index in [1.165, 1.54) is 32.4 Å². The number of nitrogens with one attached hydrogen (secondary N) is 2. The van der Waals surface area contributed by atoms with E-state index in [4.69, 9.17) is 27.9 Å². The van der Waals surface area contributed by atoms with Gasteiger partial charge in [-0.15, -0.1) is 0 Å². The average Bonchev–Trinajstić information content (AvgIpc) is 2.57. The summed E-state index contributed by atoms with van der Waals surface area (Å²) in [5, 5.41) is 3.28. The molecule has 0 fully saturated rings. The summed E-state index contributed by atoms with van der Waals surface area (Å²) in [4.78, 5) is 12.5. The van der Waals surface area contributed by atoms with Crippen LogP contribution in [0.3, 0.4) is 0 Å². The quantitative estimate of drug-likeness (QED) is 0.801. The lowest BCUT2D eigenvalue weighted by atomic mass is 10.1. The van der Waals surface area contributed by atoms with Crippen LogP contribution in [0.15, 0.2) is 35.2 Å². The third-order valence-corrected chi connectivity index (χ3v) is 5.64. The zero-order chi connectivity index (χ0) is 18.8. The number of hydrogen-bond acceptors (Lipinski definition) is 4. The van der Waals surface area contributed by atoms with Crippen LogP contribution in [0.5, 0.6) is 5.75 Å². The molecule has 0 atom stereocenters. The minimum absolute atomic E-state index is 0.0210. The summed E-state index contributed by atoms with van der Waals surface area (Å²) in [5.41, 5.74) is 1.16. The molecule has 0 unspecified atom stereocenters. The molecular formula is C16H16Cl2N2O4S. The molecule has 0 aliphatic rings. The van der Waals surface area contributed by atoms with E-state index in [-0.39, 0.29) is 15.5 Å². The fraction of sp³-hybridized carbons (Fsp3) is 0.188. The van der Waals surface area contributed by atoms with Gasteiger partial charge in [0.15, 0.2) is 0 Å². The first-order valence-electron chi connectivity index (χ1n) is 7.08. The Morgan fingerprint density at radius 3 is 2.40 bits per heavy atom. The molecule has 0 saturated heterocycles. The second kappa shape index (κ2) is 7.61. The summed E-state index contributed by atoms with van der Waals surface area (Å²) in [5.74, 6) is -0.197. The summed E-state index contributed by atoms with van der Waals surface area (Å²) in [7, 11) is -0.969. The Hall–Kier alpha value is -1.80. The maximum Gasteiger partial charge on any atom is 0.257 e. The van der Waals surface area contributed by atoms with Gasteiger partial charge in [0.2, 0.25) is 10.0 Å². The van der Waals surface area contributed by atoms with E-state index in [1.807, 2.05) is 0 Å². The number of hydrogen-bond donors (Lipinski definition) is 2. The summed E-state index contributed by atoms with van der Waals surface area (Å²) in [6.07, 6.45) is 0. The van der Waals surface area contributed by atoms with Crippen molar-refractivity contribution in [3.63, 3.8) is 0 Å². The van der Waals surface area contributed by atoms with E-state index in [2.05, 4.69) is 10.0 Å². The van der Waals surface area contributed by atoms with Crippen LogP contribution in [0.1, 0.15) is 15.9 Å². The van der Waals surface area contributed by atoms with Crippen LogP contribution >= 0.6 is 23.2 Å². The lowest BCUT2D eigenvalue weighted by molar-refractivity contribution is 0.102. The number of carbonyl (C=O) groups excluding carboxylic acids is 1. The Kier molecular flexibility index (Phi) is 5.95. The van der Waals surface area contributed by atoms with Crippen LogP contribution in [-0.2, 0) is 10.0 Å². The molecule has 0 radical (unpaired) electrons. The Morgan fingerprint density at radius 2 is 1.80 bits per heavy atom. The highest BCUT2D eigenvalue weighted by atomic mass is 35.5. The molecule has 0 aliphatic heterocycles. The van der Waals surface area contributed by atoms with E-state index in [0.29, 0.717) is 16.5 Å². The second-order valence-electron chi connectivity index (χ2n) is 5.11. The topological polar surface area (TPSA) is 84.5 Å². The number of ether oxygens (including phenoxy) is 1. The molecular weight excluding hydrogens is 387 g/mol. The van der Waals surface area contributed by atoms with E-state index in [0.717, 1.165) is 5.56 Å². The normalized spacial score (nSPS) is 11.2. The van der Waals surface area contributed by atoms with Crippen molar-refractivity contribution in [2.75, 3.05) is 19.5 Å². The van der Waals surface area contributed by atoms with Crippen molar-refractivity contribution in [3.05, 3.63) is 51.5 Å². The Labute approximate surface area is 156 Å². The van der Waals surface area contributed by atoms with Gasteiger partial charge in [-0.1, -0.05) is 23.2 Å². The maximum atomic E-state index is 12.6. The summed E-state index contributed by atoms with van der Waals surface area (Å²) >= 11 is 12.1. The highest BCUT2D eigenvalue weighted by Gasteiger charge is 2.19. The number of methoxy groups -OCH3 is 1. The second-order valence-corrected chi connectivity index (χ2v) is 7.81. The van der Waals surface area contributed by atoms with Gasteiger partial charge in [0.05, 0.1) is 28.3 Å². The van der Waals surface area contributed by atoms with Crippen LogP contribution in [0.2, 0.25) is 10.0 Å². The number of carbonyl (C=O) groups is 1. The van der Waals surface area contributed by atoms with Crippen molar-refractivity contribution in [1.82, 2.24) is 4.72 Å². The predicted molar refractivity (Wildman–Crippen MR) is 98.4 cm³/mol. The fourth-order valence-corrected chi connectivity index (χ4v) is 3.20. The zero-order valence-corrected chi connectivity index (χ0v) is 16.0. The molecule has 2 aromatic rings. The van der Waals surface area contributed by atoms with Gasteiger partial charge in [-0.3, -0.25) is 4.79 Å². The van der Waals surface area contributed by atoms with Crippen molar-refractivity contribution in [2.45, 2.75) is 11.8 Å². The number of benzene rings is 2. The molecule has 9 heteroatoms. The Morgan fingerprint density at radius 1 is 1.12 bits per heavy atom. The molecule has 0 heterocycles. The van der Waals surface area contributed by atoms with Crippen molar-refractivity contribution < 1.29 is 17.9 Å². The molecule has 0 aromatic heterocycles. The summed E-state index contributed by atoms with van der Waals surface area (Å²) < 4.78 is 31.2. The average molecular weight is 403 g/mol. The van der Waals surface area contributed by atoms with Crippen molar-refractivity contribution in [1.29, 1.82) is 0 Å². The van der Waals surface area contributed by atoms with Crippen LogP contribution < -0.4 is 14.8 Å². The largest absolute Gasteiger partial charge is 0.495 e. The van der Waals surface area contributed by atoms with Crippen LogP contribution in [0, 0.1) is 6.92 Å². The Bertz CT molecular complexity index is 930. The van der Waals surface area contributed by atoms with E-state index < -0.39 is 15.9 Å². The van der Waals surface area contributed by atoms with Crippen molar-refractivity contribution >= 4 is 44.8 Å². The third kappa shape index (κ3) is 4.24. The minimum Gasteiger partial charge on any atom is -0.495 e. The van der Waals surface area contributed by atoms with Gasteiger partial charge in [-0.25, -0.2) is 13.1 Å². The van der Waals surface area contributed by atoms with Gasteiger partial charge in [-0.2, -0.15) is 0 Å². The van der Waals surface area contributed by atoms with Crippen LogP contribution in [0.25, 0.3) is 0 Å². The molecule has 0 bridgehead atoms. The molecule has 0 aliphatic carbocycles. The number of aryl methyl sites for hydroxylation is 1. The van der Waals surface area contributed by atoms with E-state index in [1.54, 1.807) is 19.1 Å². The summed E-state index contributed by atoms with van der Waals surface area (Å²) in [6.45, 7) is 1.78. The highest BCUT2D eigenvalue weighted by molar-refractivity contribution is 7.89. The smallest absolute Gasteiger partial charge is 0.257 e. The van der Waals surface area contributed by atoms with E-state index in [9.17, 15) is 13.2 Å². The van der Waals surface area contributed by atoms with Crippen LogP contribution in [0.4, 0.5) is 5.69 Å². The van der Waals surface area contributed by atoms with Gasteiger partial charge in [-0.05, 0) is 43.8 Å². The number of anilines is 1. The molecule has 6 nitrogen and oxygen atoms in total. The van der Waals surface area contributed by atoms with Crippen molar-refractivity contribution in [2.24, 2.45) is 0 Å². The molecule has 2 rings (SSSR count). The third-order valence-electron chi connectivity index (χ3n) is 3.49. The first kappa shape index (κ1) is 19.5. The monoisotopic (exact) mass is 402 g/mol. The predicted octanol–water partition coefficient (Wildman–Crippen LogP) is 3.47. The summed E-state index contributed by atoms with van der Waals surface area (Å²) in [6, 6.07) is 7.11. The first-order chi connectivity index (χ1) is 11.7. The number of amides is 1.